The number of carbonyl (C=O) groups excluding carboxylic acids is 2. The molecule has 90 valence electrons. The van der Waals surface area contributed by atoms with Crippen molar-refractivity contribution < 1.29 is 9.59 Å². The molecule has 2 amide bonds. The Morgan fingerprint density at radius 1 is 1.59 bits per heavy atom. The summed E-state index contributed by atoms with van der Waals surface area (Å²) in [7, 11) is 0. The maximum Gasteiger partial charge on any atom is 0.243 e. The highest BCUT2D eigenvalue weighted by Gasteiger charge is 2.22. The molecule has 17 heavy (non-hydrogen) atoms. The average Bonchev–Trinajstić information content (AvgIpc) is 2.64. The number of aryl methyl sites for hydroxylation is 1. The SMILES string of the molecule is Cc1cc(NC(=O)CN2CCCC2=O)ccn1. The second kappa shape index (κ2) is 4.95. The molecule has 1 saturated heterocycles. The highest BCUT2D eigenvalue weighted by atomic mass is 16.2. The molecule has 5 nitrogen and oxygen atoms in total. The number of amides is 2. The van der Waals surface area contributed by atoms with Crippen LogP contribution in [-0.4, -0.2) is 34.8 Å². The number of carbonyl (C=O) groups is 2. The minimum absolute atomic E-state index is 0.0612. The third-order valence-corrected chi connectivity index (χ3v) is 2.69. The zero-order valence-corrected chi connectivity index (χ0v) is 9.77. The van der Waals surface area contributed by atoms with Crippen LogP contribution in [0.25, 0.3) is 0 Å². The van der Waals surface area contributed by atoms with Crippen LogP contribution in [0.2, 0.25) is 0 Å². The van der Waals surface area contributed by atoms with Gasteiger partial charge < -0.3 is 10.2 Å². The van der Waals surface area contributed by atoms with Crippen molar-refractivity contribution >= 4 is 17.5 Å². The molecule has 1 fully saturated rings. The predicted octanol–water partition coefficient (Wildman–Crippen LogP) is 0.951. The van der Waals surface area contributed by atoms with Gasteiger partial charge in [0.05, 0.1) is 6.54 Å². The monoisotopic (exact) mass is 233 g/mol. The Morgan fingerprint density at radius 2 is 2.41 bits per heavy atom. The minimum atomic E-state index is -0.161. The van der Waals surface area contributed by atoms with E-state index in [1.54, 1.807) is 23.2 Å². The summed E-state index contributed by atoms with van der Waals surface area (Å²) in [4.78, 5) is 28.7. The summed E-state index contributed by atoms with van der Waals surface area (Å²) in [5.74, 6) is -0.100. The fourth-order valence-electron chi connectivity index (χ4n) is 1.87. The first-order valence-electron chi connectivity index (χ1n) is 5.65. The number of nitrogens with zero attached hydrogens (tertiary/aromatic N) is 2. The van der Waals surface area contributed by atoms with Crippen LogP contribution in [-0.2, 0) is 9.59 Å². The highest BCUT2D eigenvalue weighted by molar-refractivity contribution is 5.94. The lowest BCUT2D eigenvalue weighted by Gasteiger charge is -2.14. The van der Waals surface area contributed by atoms with Crippen molar-refractivity contribution in [1.82, 2.24) is 9.88 Å². The Balaban J connectivity index is 1.91. The van der Waals surface area contributed by atoms with Gasteiger partial charge in [0, 0.05) is 30.5 Å². The van der Waals surface area contributed by atoms with Gasteiger partial charge in [0.15, 0.2) is 0 Å². The average molecular weight is 233 g/mol. The Morgan fingerprint density at radius 3 is 3.06 bits per heavy atom. The lowest BCUT2D eigenvalue weighted by atomic mass is 10.3. The summed E-state index contributed by atoms with van der Waals surface area (Å²) in [5.41, 5.74) is 1.56. The Hall–Kier alpha value is -1.91. The van der Waals surface area contributed by atoms with Gasteiger partial charge >= 0.3 is 0 Å². The van der Waals surface area contributed by atoms with Crippen LogP contribution in [0.4, 0.5) is 5.69 Å². The molecule has 5 heteroatoms. The first kappa shape index (κ1) is 11.6. The second-order valence-corrected chi connectivity index (χ2v) is 4.15. The van der Waals surface area contributed by atoms with Crippen LogP contribution in [0.3, 0.4) is 0 Å². The largest absolute Gasteiger partial charge is 0.333 e. The number of rotatable bonds is 3. The fraction of sp³-hybridized carbons (Fsp3) is 0.417. The zero-order valence-electron chi connectivity index (χ0n) is 9.77. The smallest absolute Gasteiger partial charge is 0.243 e. The molecule has 2 heterocycles. The molecule has 1 N–H and O–H groups in total. The summed E-state index contributed by atoms with van der Waals surface area (Å²) in [6, 6.07) is 3.53. The lowest BCUT2D eigenvalue weighted by molar-refractivity contribution is -0.131. The van der Waals surface area contributed by atoms with E-state index in [0.717, 1.165) is 12.1 Å². The molecule has 0 bridgehead atoms. The van der Waals surface area contributed by atoms with Gasteiger partial charge in [-0.3, -0.25) is 14.6 Å². The van der Waals surface area contributed by atoms with E-state index in [-0.39, 0.29) is 18.4 Å². The van der Waals surface area contributed by atoms with Crippen molar-refractivity contribution in [3.8, 4) is 0 Å². The molecule has 0 aromatic carbocycles. The van der Waals surface area contributed by atoms with Gasteiger partial charge in [-0.2, -0.15) is 0 Å². The van der Waals surface area contributed by atoms with Crippen molar-refractivity contribution in [3.05, 3.63) is 24.0 Å². The van der Waals surface area contributed by atoms with Gasteiger partial charge in [0.2, 0.25) is 11.8 Å². The van der Waals surface area contributed by atoms with Gasteiger partial charge in [-0.1, -0.05) is 0 Å². The maximum absolute atomic E-state index is 11.7. The second-order valence-electron chi connectivity index (χ2n) is 4.15. The number of aromatic nitrogens is 1. The van der Waals surface area contributed by atoms with Crippen molar-refractivity contribution in [1.29, 1.82) is 0 Å². The van der Waals surface area contributed by atoms with Crippen LogP contribution >= 0.6 is 0 Å². The Kier molecular flexibility index (Phi) is 3.37. The highest BCUT2D eigenvalue weighted by Crippen LogP contribution is 2.10. The van der Waals surface area contributed by atoms with Crippen molar-refractivity contribution in [2.75, 3.05) is 18.4 Å². The minimum Gasteiger partial charge on any atom is -0.333 e. The van der Waals surface area contributed by atoms with Crippen molar-refractivity contribution in [3.63, 3.8) is 0 Å². The number of likely N-dealkylation sites (tertiary alicyclic amines) is 1. The molecule has 0 radical (unpaired) electrons. The third-order valence-electron chi connectivity index (χ3n) is 2.69. The molecular weight excluding hydrogens is 218 g/mol. The number of hydrogen-bond acceptors (Lipinski definition) is 3. The third kappa shape index (κ3) is 3.03. The van der Waals surface area contributed by atoms with E-state index in [0.29, 0.717) is 18.7 Å². The molecular formula is C12H15N3O2. The van der Waals surface area contributed by atoms with Crippen LogP contribution in [0.1, 0.15) is 18.5 Å². The summed E-state index contributed by atoms with van der Waals surface area (Å²) in [6.07, 6.45) is 3.05. The first-order valence-corrected chi connectivity index (χ1v) is 5.65. The van der Waals surface area contributed by atoms with Gasteiger partial charge in [-0.15, -0.1) is 0 Å². The van der Waals surface area contributed by atoms with Gasteiger partial charge in [0.25, 0.3) is 0 Å². The van der Waals surface area contributed by atoms with Crippen LogP contribution < -0.4 is 5.32 Å². The number of hydrogen-bond donors (Lipinski definition) is 1. The molecule has 0 aliphatic carbocycles. The number of nitrogens with one attached hydrogen (secondary N) is 1. The first-order chi connectivity index (χ1) is 8.15. The molecule has 0 saturated carbocycles. The molecule has 1 aromatic heterocycles. The summed E-state index contributed by atoms with van der Waals surface area (Å²) in [6.45, 7) is 2.68. The summed E-state index contributed by atoms with van der Waals surface area (Å²) >= 11 is 0. The molecule has 0 atom stereocenters. The van der Waals surface area contributed by atoms with E-state index < -0.39 is 0 Å². The predicted molar refractivity (Wildman–Crippen MR) is 63.4 cm³/mol. The topological polar surface area (TPSA) is 62.3 Å². The lowest BCUT2D eigenvalue weighted by Crippen LogP contribution is -2.33. The quantitative estimate of drug-likeness (QED) is 0.845. The molecule has 2 rings (SSSR count). The molecule has 1 aromatic rings. The van der Waals surface area contributed by atoms with E-state index in [1.807, 2.05) is 6.92 Å². The van der Waals surface area contributed by atoms with Crippen molar-refractivity contribution in [2.24, 2.45) is 0 Å². The standard InChI is InChI=1S/C12H15N3O2/c1-9-7-10(4-5-13-9)14-11(16)8-15-6-2-3-12(15)17/h4-5,7H,2-3,6,8H2,1H3,(H,13,14,16). The van der Waals surface area contributed by atoms with Crippen molar-refractivity contribution in [2.45, 2.75) is 19.8 Å². The molecule has 1 aliphatic heterocycles. The number of pyridine rings is 1. The van der Waals surface area contributed by atoms with Crippen LogP contribution in [0.5, 0.6) is 0 Å². The molecule has 0 unspecified atom stereocenters. The van der Waals surface area contributed by atoms with E-state index in [4.69, 9.17) is 0 Å². The fourth-order valence-corrected chi connectivity index (χ4v) is 1.87. The van der Waals surface area contributed by atoms with Gasteiger partial charge in [0.1, 0.15) is 0 Å². The zero-order chi connectivity index (χ0) is 12.3. The van der Waals surface area contributed by atoms with E-state index in [9.17, 15) is 9.59 Å². The van der Waals surface area contributed by atoms with Gasteiger partial charge in [-0.05, 0) is 25.5 Å². The molecule has 1 aliphatic rings. The Labute approximate surface area is 99.8 Å². The normalized spacial score (nSPS) is 15.1. The summed E-state index contributed by atoms with van der Waals surface area (Å²) in [5, 5.41) is 2.76. The van der Waals surface area contributed by atoms with E-state index in [2.05, 4.69) is 10.3 Å². The number of anilines is 1. The van der Waals surface area contributed by atoms with Crippen LogP contribution in [0, 0.1) is 6.92 Å². The van der Waals surface area contributed by atoms with Gasteiger partial charge in [-0.25, -0.2) is 0 Å². The Bertz CT molecular complexity index is 445. The molecule has 0 spiro atoms. The summed E-state index contributed by atoms with van der Waals surface area (Å²) < 4.78 is 0. The van der Waals surface area contributed by atoms with E-state index >= 15 is 0 Å². The van der Waals surface area contributed by atoms with Crippen LogP contribution in [0.15, 0.2) is 18.3 Å². The van der Waals surface area contributed by atoms with E-state index in [1.165, 1.54) is 0 Å². The maximum atomic E-state index is 11.7.